The van der Waals surface area contributed by atoms with E-state index in [1.165, 1.54) is 0 Å². The number of nitrogens with one attached hydrogen (secondary N) is 1. The molecule has 0 spiro atoms. The molecule has 0 amide bonds. The van der Waals surface area contributed by atoms with Gasteiger partial charge in [0.15, 0.2) is 0 Å². The molecular formula is C23H20Cl2N2O4S. The molecule has 0 saturated carbocycles. The number of benzene rings is 2. The lowest BCUT2D eigenvalue weighted by molar-refractivity contribution is 0.0533. The van der Waals surface area contributed by atoms with Crippen molar-refractivity contribution in [1.82, 2.24) is 0 Å². The van der Waals surface area contributed by atoms with Crippen LogP contribution < -0.4 is 14.8 Å². The number of hydrogen-bond acceptors (Lipinski definition) is 7. The number of rotatable bonds is 8. The van der Waals surface area contributed by atoms with Gasteiger partial charge in [-0.25, -0.2) is 4.79 Å². The fourth-order valence-electron chi connectivity index (χ4n) is 3.13. The summed E-state index contributed by atoms with van der Waals surface area (Å²) in [6, 6.07) is 12.6. The van der Waals surface area contributed by atoms with Crippen molar-refractivity contribution in [3.8, 4) is 28.7 Å². The minimum atomic E-state index is -0.523. The molecule has 0 unspecified atom stereocenters. The van der Waals surface area contributed by atoms with E-state index in [1.54, 1.807) is 45.4 Å². The second kappa shape index (κ2) is 10.6. The zero-order valence-electron chi connectivity index (χ0n) is 17.6. The third kappa shape index (κ3) is 4.94. The van der Waals surface area contributed by atoms with Crippen molar-refractivity contribution in [1.29, 1.82) is 5.26 Å². The number of carbonyl (C=O) groups excluding carboxylic acids is 1. The van der Waals surface area contributed by atoms with E-state index in [2.05, 4.69) is 11.4 Å². The van der Waals surface area contributed by atoms with Crippen LogP contribution in [0.2, 0.25) is 10.0 Å². The Morgan fingerprint density at radius 3 is 2.56 bits per heavy atom. The molecule has 3 rings (SSSR count). The fourth-order valence-corrected chi connectivity index (χ4v) is 4.68. The summed E-state index contributed by atoms with van der Waals surface area (Å²) in [6.07, 6.45) is 0. The molecule has 6 nitrogen and oxygen atoms in total. The van der Waals surface area contributed by atoms with Crippen LogP contribution in [0.25, 0.3) is 11.1 Å². The van der Waals surface area contributed by atoms with Gasteiger partial charge in [0.25, 0.3) is 0 Å². The maximum absolute atomic E-state index is 12.7. The number of ether oxygens (including phenoxy) is 3. The maximum atomic E-state index is 12.7. The predicted octanol–water partition coefficient (Wildman–Crippen LogP) is 6.40. The van der Waals surface area contributed by atoms with Crippen molar-refractivity contribution < 1.29 is 19.0 Å². The lowest BCUT2D eigenvalue weighted by Crippen LogP contribution is -2.04. The lowest BCUT2D eigenvalue weighted by atomic mass is 10.0. The topological polar surface area (TPSA) is 80.6 Å². The molecule has 32 heavy (non-hydrogen) atoms. The molecule has 0 saturated heterocycles. The Balaban J connectivity index is 2.06. The van der Waals surface area contributed by atoms with Gasteiger partial charge in [0.2, 0.25) is 0 Å². The van der Waals surface area contributed by atoms with E-state index < -0.39 is 5.97 Å². The molecule has 1 aromatic heterocycles. The number of methoxy groups -OCH3 is 2. The molecule has 9 heteroatoms. The van der Waals surface area contributed by atoms with E-state index in [0.717, 1.165) is 16.9 Å². The van der Waals surface area contributed by atoms with Crippen LogP contribution in [-0.2, 0) is 11.3 Å². The van der Waals surface area contributed by atoms with Crippen LogP contribution in [0.4, 0.5) is 5.00 Å². The minimum Gasteiger partial charge on any atom is -0.497 e. The van der Waals surface area contributed by atoms with Crippen LogP contribution in [0.3, 0.4) is 0 Å². The van der Waals surface area contributed by atoms with Crippen LogP contribution in [0.1, 0.15) is 27.7 Å². The Hall–Kier alpha value is -2.92. The summed E-state index contributed by atoms with van der Waals surface area (Å²) in [4.78, 5) is 13.0. The molecule has 166 valence electrons. The number of halogens is 2. The second-order valence-corrected chi connectivity index (χ2v) is 8.36. The van der Waals surface area contributed by atoms with Crippen molar-refractivity contribution >= 4 is 45.5 Å². The maximum Gasteiger partial charge on any atom is 0.349 e. The van der Waals surface area contributed by atoms with Gasteiger partial charge in [0.05, 0.1) is 26.4 Å². The summed E-state index contributed by atoms with van der Waals surface area (Å²) < 4.78 is 15.9. The zero-order valence-corrected chi connectivity index (χ0v) is 20.0. The first kappa shape index (κ1) is 23.7. The number of esters is 1. The molecule has 0 fully saturated rings. The van der Waals surface area contributed by atoms with Crippen molar-refractivity contribution in [2.45, 2.75) is 13.5 Å². The van der Waals surface area contributed by atoms with E-state index in [0.29, 0.717) is 49.8 Å². The first-order chi connectivity index (χ1) is 15.4. The van der Waals surface area contributed by atoms with Crippen molar-refractivity contribution in [3.05, 3.63) is 62.4 Å². The quantitative estimate of drug-likeness (QED) is 0.368. The Morgan fingerprint density at radius 2 is 1.94 bits per heavy atom. The molecule has 0 radical (unpaired) electrons. The number of hydrogen-bond donors (Lipinski definition) is 1. The summed E-state index contributed by atoms with van der Waals surface area (Å²) in [7, 11) is 3.15. The van der Waals surface area contributed by atoms with Gasteiger partial charge in [0, 0.05) is 39.3 Å². The molecule has 0 atom stereocenters. The SMILES string of the molecule is CCOC(=O)c1sc(NCc2ccc(OC)cc2OC)c(C#N)c1-c1ccc(Cl)cc1Cl. The van der Waals surface area contributed by atoms with Crippen molar-refractivity contribution in [3.63, 3.8) is 0 Å². The molecule has 2 aromatic carbocycles. The van der Waals surface area contributed by atoms with Crippen LogP contribution in [-0.4, -0.2) is 26.8 Å². The average molecular weight is 491 g/mol. The Labute approximate surface area is 200 Å². The average Bonchev–Trinajstić information content (AvgIpc) is 3.16. The second-order valence-electron chi connectivity index (χ2n) is 6.50. The fraction of sp³-hybridized carbons (Fsp3) is 0.217. The highest BCUT2D eigenvalue weighted by molar-refractivity contribution is 7.18. The van der Waals surface area contributed by atoms with Gasteiger partial charge >= 0.3 is 5.97 Å². The molecule has 1 N–H and O–H groups in total. The van der Waals surface area contributed by atoms with Gasteiger partial charge < -0.3 is 19.5 Å². The van der Waals surface area contributed by atoms with Gasteiger partial charge in [-0.15, -0.1) is 11.3 Å². The van der Waals surface area contributed by atoms with Crippen LogP contribution in [0.5, 0.6) is 11.5 Å². The Bertz CT molecular complexity index is 1190. The van der Waals surface area contributed by atoms with Crippen molar-refractivity contribution in [2.75, 3.05) is 26.1 Å². The first-order valence-electron chi connectivity index (χ1n) is 9.57. The summed E-state index contributed by atoms with van der Waals surface area (Å²) in [6.45, 7) is 2.29. The molecule has 0 aliphatic heterocycles. The monoisotopic (exact) mass is 490 g/mol. The normalized spacial score (nSPS) is 10.4. The minimum absolute atomic E-state index is 0.207. The molecule has 1 heterocycles. The summed E-state index contributed by atoms with van der Waals surface area (Å²) in [5, 5.41) is 14.5. The number of carbonyl (C=O) groups is 1. The van der Waals surface area contributed by atoms with E-state index in [4.69, 9.17) is 37.4 Å². The number of nitriles is 1. The van der Waals surface area contributed by atoms with E-state index in [1.807, 2.05) is 12.1 Å². The van der Waals surface area contributed by atoms with Crippen LogP contribution >= 0.6 is 34.5 Å². The van der Waals surface area contributed by atoms with E-state index in [-0.39, 0.29) is 11.5 Å². The summed E-state index contributed by atoms with van der Waals surface area (Å²) >= 11 is 13.6. The smallest absolute Gasteiger partial charge is 0.349 e. The number of anilines is 1. The Kier molecular flexibility index (Phi) is 7.86. The molecule has 3 aromatic rings. The van der Waals surface area contributed by atoms with Gasteiger partial charge in [-0.1, -0.05) is 29.3 Å². The number of thiophene rings is 1. The van der Waals surface area contributed by atoms with Crippen LogP contribution in [0.15, 0.2) is 36.4 Å². The van der Waals surface area contributed by atoms with Crippen molar-refractivity contribution in [2.24, 2.45) is 0 Å². The summed E-state index contributed by atoms with van der Waals surface area (Å²) in [5.41, 5.74) is 2.10. The largest absolute Gasteiger partial charge is 0.497 e. The van der Waals surface area contributed by atoms with Gasteiger partial charge in [-0.05, 0) is 31.2 Å². The lowest BCUT2D eigenvalue weighted by Gasteiger charge is -2.11. The van der Waals surface area contributed by atoms with Gasteiger partial charge in [-0.3, -0.25) is 0 Å². The summed E-state index contributed by atoms with van der Waals surface area (Å²) in [5.74, 6) is 0.785. The highest BCUT2D eigenvalue weighted by atomic mass is 35.5. The zero-order chi connectivity index (χ0) is 23.3. The Morgan fingerprint density at radius 1 is 1.16 bits per heavy atom. The first-order valence-corrected chi connectivity index (χ1v) is 11.1. The van der Waals surface area contributed by atoms with Gasteiger partial charge in [-0.2, -0.15) is 5.26 Å². The molecule has 0 aliphatic rings. The molecule has 0 aliphatic carbocycles. The van der Waals surface area contributed by atoms with E-state index >= 15 is 0 Å². The predicted molar refractivity (Wildman–Crippen MR) is 127 cm³/mol. The number of nitrogens with zero attached hydrogens (tertiary/aromatic N) is 1. The van der Waals surface area contributed by atoms with Crippen LogP contribution in [0, 0.1) is 11.3 Å². The highest BCUT2D eigenvalue weighted by Crippen LogP contribution is 2.43. The van der Waals surface area contributed by atoms with E-state index in [9.17, 15) is 10.1 Å². The third-order valence-electron chi connectivity index (χ3n) is 4.61. The molecular weight excluding hydrogens is 471 g/mol. The van der Waals surface area contributed by atoms with Gasteiger partial charge in [0.1, 0.15) is 27.4 Å². The molecule has 0 bridgehead atoms. The standard InChI is InChI=1S/C23H20Cl2N2O4S/c1-4-31-23(28)21-20(16-8-6-14(24)9-18(16)25)17(11-26)22(32-21)27-12-13-5-7-15(29-2)10-19(13)30-3/h5-10,27H,4,12H2,1-3H3. The highest BCUT2D eigenvalue weighted by Gasteiger charge is 2.26. The third-order valence-corrected chi connectivity index (χ3v) is 6.29.